The number of para-hydroxylation sites is 1. The second-order valence-corrected chi connectivity index (χ2v) is 11.9. The summed E-state index contributed by atoms with van der Waals surface area (Å²) < 4.78 is 29.1. The summed E-state index contributed by atoms with van der Waals surface area (Å²) in [6.07, 6.45) is 3.63. The fourth-order valence-corrected chi connectivity index (χ4v) is 7.50. The van der Waals surface area contributed by atoms with Crippen molar-refractivity contribution < 1.29 is 42.9 Å². The molecular formula is C32H33N3O9S. The zero-order valence-electron chi connectivity index (χ0n) is 25.0. The lowest BCUT2D eigenvalue weighted by atomic mass is 9.94. The number of methoxy groups -OCH3 is 2. The highest BCUT2D eigenvalue weighted by molar-refractivity contribution is 8.09. The van der Waals surface area contributed by atoms with Gasteiger partial charge in [0.2, 0.25) is 11.8 Å². The summed E-state index contributed by atoms with van der Waals surface area (Å²) in [5.41, 5.74) is 1.39. The van der Waals surface area contributed by atoms with Crippen molar-refractivity contribution >= 4 is 40.3 Å². The average molecular weight is 636 g/mol. The van der Waals surface area contributed by atoms with E-state index in [0.717, 1.165) is 10.5 Å². The number of fused-ring (bicyclic) bond motifs is 1. The molecule has 0 radical (unpaired) electrons. The van der Waals surface area contributed by atoms with E-state index < -0.39 is 35.3 Å². The normalized spacial score (nSPS) is 21.2. The number of amides is 3. The van der Waals surface area contributed by atoms with Crippen LogP contribution in [0.5, 0.6) is 11.5 Å². The van der Waals surface area contributed by atoms with Crippen LogP contribution in [0.4, 0.5) is 10.5 Å². The number of aromatic carboxylic acids is 1. The minimum atomic E-state index is -1.20. The Bertz CT molecular complexity index is 1620. The summed E-state index contributed by atoms with van der Waals surface area (Å²) >= 11 is 1.33. The molecule has 0 aliphatic carbocycles. The van der Waals surface area contributed by atoms with Gasteiger partial charge in [-0.05, 0) is 49.6 Å². The molecule has 1 aromatic heterocycles. The highest BCUT2D eigenvalue weighted by Crippen LogP contribution is 2.52. The highest BCUT2D eigenvalue weighted by Gasteiger charge is 2.54. The molecule has 13 heteroatoms. The number of carbonyl (C=O) groups is 3. The second-order valence-electron chi connectivity index (χ2n) is 10.8. The molecule has 3 aromatic rings. The fourth-order valence-electron chi connectivity index (χ4n) is 5.98. The quantitative estimate of drug-likeness (QED) is 0.314. The van der Waals surface area contributed by atoms with Gasteiger partial charge < -0.3 is 33.4 Å². The zero-order chi connectivity index (χ0) is 31.7. The van der Waals surface area contributed by atoms with Gasteiger partial charge in [0.1, 0.15) is 23.9 Å². The number of hydrogen-bond acceptors (Lipinski definition) is 10. The fraction of sp³-hybridized carbons (Fsp3) is 0.375. The van der Waals surface area contributed by atoms with E-state index >= 15 is 0 Å². The molecule has 3 aliphatic rings. The number of carboxylic acids is 1. The number of hydrogen-bond donors (Lipinski definition) is 1. The van der Waals surface area contributed by atoms with E-state index in [1.165, 1.54) is 49.5 Å². The van der Waals surface area contributed by atoms with Gasteiger partial charge in [-0.3, -0.25) is 4.79 Å². The lowest BCUT2D eigenvalue weighted by Crippen LogP contribution is -2.61. The molecule has 3 aliphatic heterocycles. The number of rotatable bonds is 10. The van der Waals surface area contributed by atoms with Gasteiger partial charge in [0.25, 0.3) is 0 Å². The molecule has 1 N–H and O–H groups in total. The predicted molar refractivity (Wildman–Crippen MR) is 164 cm³/mol. The summed E-state index contributed by atoms with van der Waals surface area (Å²) in [6, 6.07) is 10.9. The second kappa shape index (κ2) is 13.0. The van der Waals surface area contributed by atoms with Crippen molar-refractivity contribution in [2.24, 2.45) is 5.92 Å². The Balaban J connectivity index is 1.46. The largest absolute Gasteiger partial charge is 0.496 e. The lowest BCUT2D eigenvalue weighted by molar-refractivity contribution is -0.123. The molecule has 12 nitrogen and oxygen atoms in total. The standard InChI is InChI=1S/C32H33N3O9S/c1-18-26-29(36)35(22-16-19(31(37)38)8-9-24(22)41-3)32(39)34(30(26)45-27(18)28-33-12-15-43-28)17-25(44-20-10-13-42-14-11-20)21-6-4-5-7-23(21)40-2/h4-9,12,15-16,20,25-26,30H,10-11,13-14,17H2,1-3H3,(H,37,38). The third-order valence-electron chi connectivity index (χ3n) is 8.25. The number of carbonyl (C=O) groups excluding carboxylic acids is 2. The maximum atomic E-state index is 14.6. The Hall–Kier alpha value is -4.33. The molecule has 3 atom stereocenters. The molecule has 0 bridgehead atoms. The number of anilines is 1. The number of nitrogens with zero attached hydrogens (tertiary/aromatic N) is 3. The molecule has 3 amide bonds. The summed E-state index contributed by atoms with van der Waals surface area (Å²) in [5.74, 6) is -1.36. The number of urea groups is 1. The molecule has 2 aromatic carbocycles. The first-order valence-corrected chi connectivity index (χ1v) is 15.4. The van der Waals surface area contributed by atoms with Crippen LogP contribution in [-0.4, -0.2) is 78.4 Å². The maximum absolute atomic E-state index is 14.6. The SMILES string of the molecule is COc1ccccc1C(CN1C(=O)N(c2cc(C(=O)O)ccc2OC)C(=O)C2C(C)=C(c3ncco3)SC21)OC1CCOCC1. The minimum Gasteiger partial charge on any atom is -0.496 e. The summed E-state index contributed by atoms with van der Waals surface area (Å²) in [6.45, 7) is 3.03. The number of ether oxygens (including phenoxy) is 4. The monoisotopic (exact) mass is 635 g/mol. The summed E-state index contributed by atoms with van der Waals surface area (Å²) in [4.78, 5) is 48.4. The molecule has 0 saturated carbocycles. The molecule has 236 valence electrons. The smallest absolute Gasteiger partial charge is 0.335 e. The molecule has 2 saturated heterocycles. The molecule has 2 fully saturated rings. The van der Waals surface area contributed by atoms with Gasteiger partial charge in [-0.2, -0.15) is 0 Å². The van der Waals surface area contributed by atoms with Gasteiger partial charge in [-0.15, -0.1) is 0 Å². The van der Waals surface area contributed by atoms with Crippen LogP contribution in [0.1, 0.15) is 47.7 Å². The van der Waals surface area contributed by atoms with Crippen LogP contribution in [-0.2, 0) is 14.3 Å². The Morgan fingerprint density at radius 2 is 1.87 bits per heavy atom. The molecule has 3 unspecified atom stereocenters. The zero-order valence-corrected chi connectivity index (χ0v) is 25.8. The van der Waals surface area contributed by atoms with Crippen LogP contribution in [0.15, 0.2) is 64.9 Å². The van der Waals surface area contributed by atoms with E-state index in [0.29, 0.717) is 48.2 Å². The van der Waals surface area contributed by atoms with Crippen molar-refractivity contribution in [2.75, 3.05) is 38.9 Å². The van der Waals surface area contributed by atoms with Crippen molar-refractivity contribution in [1.82, 2.24) is 9.88 Å². The van der Waals surface area contributed by atoms with Gasteiger partial charge in [-0.1, -0.05) is 30.0 Å². The van der Waals surface area contributed by atoms with Crippen LogP contribution in [0.25, 0.3) is 4.91 Å². The van der Waals surface area contributed by atoms with Crippen LogP contribution in [0, 0.1) is 5.92 Å². The Labute approximate surface area is 263 Å². The van der Waals surface area contributed by atoms with E-state index in [4.69, 9.17) is 23.4 Å². The van der Waals surface area contributed by atoms with Crippen molar-refractivity contribution in [3.05, 3.63) is 77.5 Å². The van der Waals surface area contributed by atoms with Crippen molar-refractivity contribution in [3.8, 4) is 11.5 Å². The van der Waals surface area contributed by atoms with Gasteiger partial charge in [-0.25, -0.2) is 19.5 Å². The molecule has 0 spiro atoms. The van der Waals surface area contributed by atoms with Gasteiger partial charge in [0, 0.05) is 18.8 Å². The predicted octanol–water partition coefficient (Wildman–Crippen LogP) is 5.22. The number of thioether (sulfide) groups is 1. The Morgan fingerprint density at radius 3 is 2.56 bits per heavy atom. The van der Waals surface area contributed by atoms with Gasteiger partial charge in [0.05, 0.1) is 60.5 Å². The Morgan fingerprint density at radius 1 is 1.11 bits per heavy atom. The average Bonchev–Trinajstić information content (AvgIpc) is 3.71. The van der Waals surface area contributed by atoms with Crippen LogP contribution < -0.4 is 14.4 Å². The highest BCUT2D eigenvalue weighted by atomic mass is 32.2. The van der Waals surface area contributed by atoms with Gasteiger partial charge >= 0.3 is 12.0 Å². The van der Waals surface area contributed by atoms with Gasteiger partial charge in [0.15, 0.2) is 0 Å². The first-order chi connectivity index (χ1) is 21.8. The molecule has 45 heavy (non-hydrogen) atoms. The summed E-state index contributed by atoms with van der Waals surface area (Å²) in [7, 11) is 2.98. The van der Waals surface area contributed by atoms with E-state index in [2.05, 4.69) is 4.98 Å². The van der Waals surface area contributed by atoms with Crippen LogP contribution in [0.3, 0.4) is 0 Å². The van der Waals surface area contributed by atoms with Crippen LogP contribution >= 0.6 is 11.8 Å². The van der Waals surface area contributed by atoms with Crippen molar-refractivity contribution in [1.29, 1.82) is 0 Å². The van der Waals surface area contributed by atoms with Crippen molar-refractivity contribution in [2.45, 2.75) is 37.3 Å². The maximum Gasteiger partial charge on any atom is 0.335 e. The van der Waals surface area contributed by atoms with E-state index in [1.807, 2.05) is 31.2 Å². The molecule has 4 heterocycles. The number of imide groups is 1. The minimum absolute atomic E-state index is 0.0393. The lowest BCUT2D eigenvalue weighted by Gasteiger charge is -2.44. The van der Waals surface area contributed by atoms with E-state index in [1.54, 1.807) is 12.0 Å². The number of benzene rings is 2. The third kappa shape index (κ3) is 5.78. The van der Waals surface area contributed by atoms with E-state index in [-0.39, 0.29) is 29.6 Å². The van der Waals surface area contributed by atoms with E-state index in [9.17, 15) is 19.5 Å². The van der Waals surface area contributed by atoms with Crippen LogP contribution in [0.2, 0.25) is 0 Å². The van der Waals surface area contributed by atoms with Crippen molar-refractivity contribution in [3.63, 3.8) is 0 Å². The molecule has 6 rings (SSSR count). The first-order valence-electron chi connectivity index (χ1n) is 14.5. The Kier molecular flexibility index (Phi) is 8.83. The third-order valence-corrected chi connectivity index (χ3v) is 9.75. The number of aromatic nitrogens is 1. The molecular weight excluding hydrogens is 602 g/mol. The topological polar surface area (TPSA) is 141 Å². The number of carboxylic acid groups (broad SMARTS) is 1. The summed E-state index contributed by atoms with van der Waals surface area (Å²) in [5, 5.41) is 9.09. The number of oxazole rings is 1. The first kappa shape index (κ1) is 30.7.